The van der Waals surface area contributed by atoms with Crippen molar-refractivity contribution in [3.63, 3.8) is 0 Å². The van der Waals surface area contributed by atoms with Gasteiger partial charge in [0.15, 0.2) is 0 Å². The van der Waals surface area contributed by atoms with Crippen LogP contribution in [0.5, 0.6) is 12.0 Å². The summed E-state index contributed by atoms with van der Waals surface area (Å²) in [5.41, 5.74) is 0.885. The Morgan fingerprint density at radius 3 is 2.38 bits per heavy atom. The molecule has 128 valence electrons. The summed E-state index contributed by atoms with van der Waals surface area (Å²) in [7, 11) is 6.96. The molecule has 0 radical (unpaired) electrons. The molecule has 1 fully saturated rings. The number of nitrogens with zero attached hydrogens (tertiary/aromatic N) is 3. The minimum absolute atomic E-state index is 0.197. The van der Waals surface area contributed by atoms with Crippen molar-refractivity contribution < 1.29 is 14.6 Å². The predicted octanol–water partition coefficient (Wildman–Crippen LogP) is 1.17. The number of aromatic nitrogens is 3. The fraction of sp³-hybridized carbons (Fsp3) is 0.357. The van der Waals surface area contributed by atoms with Gasteiger partial charge in [0.2, 0.25) is 0 Å². The molecule has 1 saturated heterocycles. The van der Waals surface area contributed by atoms with E-state index in [0.717, 1.165) is 11.4 Å². The maximum absolute atomic E-state index is 9.26. The molecule has 0 aliphatic carbocycles. The van der Waals surface area contributed by atoms with Gasteiger partial charge < -0.3 is 0 Å². The van der Waals surface area contributed by atoms with Crippen molar-refractivity contribution in [1.29, 1.82) is 0 Å². The van der Waals surface area contributed by atoms with Gasteiger partial charge in [-0.1, -0.05) is 0 Å². The predicted molar refractivity (Wildman–Crippen MR) is 99.0 cm³/mol. The second-order valence-corrected chi connectivity index (χ2v) is 16.3. The Morgan fingerprint density at radius 1 is 1.17 bits per heavy atom. The van der Waals surface area contributed by atoms with Gasteiger partial charge in [-0.15, -0.1) is 0 Å². The van der Waals surface area contributed by atoms with E-state index >= 15 is 0 Å². The third-order valence-corrected chi connectivity index (χ3v) is 17.1. The molecule has 3 rings (SSSR count). The molecule has 1 aromatic carbocycles. The first-order chi connectivity index (χ1) is 11.7. The van der Waals surface area contributed by atoms with Gasteiger partial charge in [-0.25, -0.2) is 0 Å². The molecular formula is C14H17AsN4O3S2. The monoisotopic (exact) mass is 428 g/mol. The van der Waals surface area contributed by atoms with Crippen LogP contribution < -0.4 is 19.1 Å². The summed E-state index contributed by atoms with van der Waals surface area (Å²) < 4.78 is 11.5. The van der Waals surface area contributed by atoms with E-state index < -0.39 is 12.3 Å². The normalized spacial score (nSPS) is 20.0. The van der Waals surface area contributed by atoms with E-state index in [-0.39, 0.29) is 18.6 Å². The van der Waals surface area contributed by atoms with Crippen LogP contribution in [-0.4, -0.2) is 64.2 Å². The third kappa shape index (κ3) is 4.27. The fourth-order valence-corrected chi connectivity index (χ4v) is 17.4. The van der Waals surface area contributed by atoms with Crippen LogP contribution in [0.15, 0.2) is 24.3 Å². The van der Waals surface area contributed by atoms with Crippen LogP contribution in [0.25, 0.3) is 0 Å². The second-order valence-electron chi connectivity index (χ2n) is 4.77. The fourth-order valence-electron chi connectivity index (χ4n) is 1.94. The summed E-state index contributed by atoms with van der Waals surface area (Å²) in [6.07, 6.45) is 0. The zero-order chi connectivity index (χ0) is 16.9. The number of ether oxygens (including phenoxy) is 2. The van der Waals surface area contributed by atoms with E-state index in [1.54, 1.807) is 0 Å². The zero-order valence-electron chi connectivity index (χ0n) is 13.2. The number of methoxy groups -OCH3 is 2. The van der Waals surface area contributed by atoms with Gasteiger partial charge >= 0.3 is 151 Å². The first-order valence-corrected chi connectivity index (χ1v) is 14.4. The summed E-state index contributed by atoms with van der Waals surface area (Å²) in [6.45, 7) is 0.269. The van der Waals surface area contributed by atoms with Crippen molar-refractivity contribution in [2.24, 2.45) is 0 Å². The quantitative estimate of drug-likeness (QED) is 0.658. The number of aliphatic hydroxyl groups excluding tert-OH is 1. The first kappa shape index (κ1) is 17.7. The molecule has 2 heterocycles. The molecule has 0 bridgehead atoms. The standard InChI is InChI=1S/C14H17AsN4O3S2/c1-21-13-17-12(18-14(19-13)22-2)16-10-5-3-9(4-6-10)15-23-8-11(7-20)24-15/h3-6,11,20H,7-8H2,1-2H3,(H,16,17,18,19). The number of hydrogen-bond donors (Lipinski definition) is 2. The Kier molecular flexibility index (Phi) is 6.10. The molecule has 1 aliphatic heterocycles. The van der Waals surface area contributed by atoms with Crippen molar-refractivity contribution in [3.05, 3.63) is 24.3 Å². The Balaban J connectivity index is 1.70. The molecule has 0 saturated carbocycles. The molecule has 2 atom stereocenters. The van der Waals surface area contributed by atoms with E-state index in [9.17, 15) is 5.11 Å². The van der Waals surface area contributed by atoms with Crippen LogP contribution >= 0.6 is 20.0 Å². The number of nitrogens with one attached hydrogen (secondary N) is 1. The van der Waals surface area contributed by atoms with Gasteiger partial charge in [-0.2, -0.15) is 0 Å². The molecular weight excluding hydrogens is 411 g/mol. The maximum atomic E-state index is 9.26. The molecule has 10 heteroatoms. The van der Waals surface area contributed by atoms with Crippen molar-refractivity contribution in [2.75, 3.05) is 31.9 Å². The Labute approximate surface area is 151 Å². The summed E-state index contributed by atoms with van der Waals surface area (Å²) in [6, 6.07) is 8.70. The summed E-state index contributed by atoms with van der Waals surface area (Å²) >= 11 is -1.15. The van der Waals surface area contributed by atoms with Crippen LogP contribution in [0, 0.1) is 0 Å². The molecule has 24 heavy (non-hydrogen) atoms. The number of benzene rings is 1. The van der Waals surface area contributed by atoms with Gasteiger partial charge in [0.25, 0.3) is 0 Å². The van der Waals surface area contributed by atoms with Crippen molar-refractivity contribution >= 4 is 48.4 Å². The van der Waals surface area contributed by atoms with E-state index in [0.29, 0.717) is 11.2 Å². The van der Waals surface area contributed by atoms with Crippen LogP contribution in [0.2, 0.25) is 0 Å². The van der Waals surface area contributed by atoms with E-state index in [1.165, 1.54) is 18.6 Å². The number of hydrogen-bond acceptors (Lipinski definition) is 9. The zero-order valence-corrected chi connectivity index (χ0v) is 16.7. The van der Waals surface area contributed by atoms with E-state index in [2.05, 4.69) is 32.4 Å². The molecule has 0 spiro atoms. The Morgan fingerprint density at radius 2 is 1.83 bits per heavy atom. The average molecular weight is 428 g/mol. The molecule has 1 aliphatic rings. The molecule has 0 amide bonds. The molecule has 2 N–H and O–H groups in total. The number of rotatable bonds is 6. The summed E-state index contributed by atoms with van der Waals surface area (Å²) in [4.78, 5) is 12.3. The third-order valence-electron chi connectivity index (χ3n) is 3.12. The number of aliphatic hydroxyl groups is 1. The van der Waals surface area contributed by atoms with Gasteiger partial charge in [-0.05, 0) is 0 Å². The topological polar surface area (TPSA) is 89.4 Å². The van der Waals surface area contributed by atoms with Crippen molar-refractivity contribution in [3.8, 4) is 12.0 Å². The van der Waals surface area contributed by atoms with Crippen molar-refractivity contribution in [1.82, 2.24) is 15.0 Å². The van der Waals surface area contributed by atoms with Gasteiger partial charge in [0.1, 0.15) is 0 Å². The first-order valence-electron chi connectivity index (χ1n) is 7.13. The van der Waals surface area contributed by atoms with E-state index in [4.69, 9.17) is 9.47 Å². The molecule has 7 nitrogen and oxygen atoms in total. The Bertz CT molecular complexity index is 670. The van der Waals surface area contributed by atoms with Crippen molar-refractivity contribution in [2.45, 2.75) is 5.25 Å². The van der Waals surface area contributed by atoms with Gasteiger partial charge in [-0.3, -0.25) is 0 Å². The van der Waals surface area contributed by atoms with Crippen LogP contribution in [0.4, 0.5) is 11.6 Å². The Hall–Kier alpha value is -1.15. The summed E-state index contributed by atoms with van der Waals surface area (Å²) in [5, 5.41) is 12.8. The van der Waals surface area contributed by atoms with Crippen LogP contribution in [0.3, 0.4) is 0 Å². The minimum atomic E-state index is -1.15. The second kappa shape index (κ2) is 8.29. The van der Waals surface area contributed by atoms with Gasteiger partial charge in [0, 0.05) is 0 Å². The molecule has 1 aromatic heterocycles. The molecule has 2 aromatic rings. The van der Waals surface area contributed by atoms with Crippen LogP contribution in [0.1, 0.15) is 0 Å². The molecule has 2 unspecified atom stereocenters. The van der Waals surface area contributed by atoms with E-state index in [1.807, 2.05) is 32.2 Å². The SMILES string of the molecule is COc1nc(Nc2ccc([As]3SCC(CO)S3)cc2)nc(OC)n1. The summed E-state index contributed by atoms with van der Waals surface area (Å²) in [5.74, 6) is 1.42. The van der Waals surface area contributed by atoms with Crippen LogP contribution in [-0.2, 0) is 0 Å². The average Bonchev–Trinajstić information content (AvgIpc) is 3.11. The number of anilines is 2. The van der Waals surface area contributed by atoms with Gasteiger partial charge in [0.05, 0.1) is 0 Å².